The van der Waals surface area contributed by atoms with Gasteiger partial charge in [0.2, 0.25) is 0 Å². The molecule has 0 unspecified atom stereocenters. The summed E-state index contributed by atoms with van der Waals surface area (Å²) in [5.74, 6) is -0.921. The first-order chi connectivity index (χ1) is 8.94. The third-order valence-electron chi connectivity index (χ3n) is 2.19. The lowest BCUT2D eigenvalue weighted by Gasteiger charge is -2.08. The Morgan fingerprint density at radius 2 is 1.58 bits per heavy atom. The molecule has 0 aliphatic carbocycles. The lowest BCUT2D eigenvalue weighted by atomic mass is 10.2. The monoisotopic (exact) mass is 388 g/mol. The number of rotatable bonds is 3. The van der Waals surface area contributed by atoms with Crippen LogP contribution >= 0.6 is 31.9 Å². The Bertz CT molecular complexity index is 624. The van der Waals surface area contributed by atoms with Gasteiger partial charge in [-0.3, -0.25) is 0 Å². The smallest absolute Gasteiger partial charge is 0.335 e. The van der Waals surface area contributed by atoms with E-state index in [2.05, 4.69) is 31.9 Å². The molecule has 0 atom stereocenters. The average molecular weight is 390 g/mol. The fraction of sp³-hybridized carbons (Fsp3) is 0. The van der Waals surface area contributed by atoms with Gasteiger partial charge in [-0.05, 0) is 30.3 Å². The predicted molar refractivity (Wildman–Crippen MR) is 75.3 cm³/mol. The molecule has 0 aromatic heterocycles. The molecule has 2 aromatic carbocycles. The van der Waals surface area contributed by atoms with Gasteiger partial charge in [0.25, 0.3) is 0 Å². The van der Waals surface area contributed by atoms with Gasteiger partial charge < -0.3 is 9.84 Å². The van der Waals surface area contributed by atoms with Crippen LogP contribution in [0, 0.1) is 5.82 Å². The van der Waals surface area contributed by atoms with Gasteiger partial charge in [0.1, 0.15) is 17.3 Å². The van der Waals surface area contributed by atoms with E-state index in [0.29, 0.717) is 14.7 Å². The zero-order valence-electron chi connectivity index (χ0n) is 9.36. The minimum atomic E-state index is -1.06. The average Bonchev–Trinajstić information content (AvgIpc) is 2.26. The van der Waals surface area contributed by atoms with Crippen molar-refractivity contribution in [3.8, 4) is 11.5 Å². The molecular formula is C13H7Br2FO3. The van der Waals surface area contributed by atoms with Crippen molar-refractivity contribution >= 4 is 37.8 Å². The molecule has 0 amide bonds. The molecular weight excluding hydrogens is 383 g/mol. The number of benzene rings is 2. The van der Waals surface area contributed by atoms with Crippen LogP contribution in [0.15, 0.2) is 45.3 Å². The highest BCUT2D eigenvalue weighted by atomic mass is 79.9. The van der Waals surface area contributed by atoms with E-state index >= 15 is 0 Å². The standard InChI is InChI=1S/C13H7Br2FO3/c14-8-1-7(13(17)18)2-11(4-8)19-12-5-9(15)3-10(16)6-12/h1-6H,(H,17,18). The summed E-state index contributed by atoms with van der Waals surface area (Å²) >= 11 is 6.35. The van der Waals surface area contributed by atoms with Crippen LogP contribution in [-0.4, -0.2) is 11.1 Å². The van der Waals surface area contributed by atoms with Crippen LogP contribution in [-0.2, 0) is 0 Å². The van der Waals surface area contributed by atoms with Crippen molar-refractivity contribution in [1.29, 1.82) is 0 Å². The molecule has 0 spiro atoms. The molecule has 0 saturated heterocycles. The van der Waals surface area contributed by atoms with Crippen molar-refractivity contribution in [3.63, 3.8) is 0 Å². The Morgan fingerprint density at radius 1 is 1.00 bits per heavy atom. The first-order valence-electron chi connectivity index (χ1n) is 5.12. The Hall–Kier alpha value is -1.40. The topological polar surface area (TPSA) is 46.5 Å². The van der Waals surface area contributed by atoms with Gasteiger partial charge in [-0.25, -0.2) is 9.18 Å². The van der Waals surface area contributed by atoms with Crippen molar-refractivity contribution in [2.24, 2.45) is 0 Å². The quantitative estimate of drug-likeness (QED) is 0.816. The van der Waals surface area contributed by atoms with Gasteiger partial charge in [-0.2, -0.15) is 0 Å². The van der Waals surface area contributed by atoms with Crippen LogP contribution in [0.1, 0.15) is 10.4 Å². The minimum Gasteiger partial charge on any atom is -0.478 e. The van der Waals surface area contributed by atoms with Crippen molar-refractivity contribution in [1.82, 2.24) is 0 Å². The van der Waals surface area contributed by atoms with E-state index in [4.69, 9.17) is 9.84 Å². The Labute approximate surface area is 125 Å². The van der Waals surface area contributed by atoms with Gasteiger partial charge >= 0.3 is 5.97 Å². The van der Waals surface area contributed by atoms with Gasteiger partial charge in [-0.15, -0.1) is 0 Å². The van der Waals surface area contributed by atoms with Crippen LogP contribution < -0.4 is 4.74 Å². The third-order valence-corrected chi connectivity index (χ3v) is 3.11. The molecule has 0 aliphatic rings. The molecule has 0 heterocycles. The summed E-state index contributed by atoms with van der Waals surface area (Å²) in [6.45, 7) is 0. The summed E-state index contributed by atoms with van der Waals surface area (Å²) in [5, 5.41) is 8.94. The first kappa shape index (κ1) is 14.0. The summed E-state index contributed by atoms with van der Waals surface area (Å²) in [4.78, 5) is 10.9. The summed E-state index contributed by atoms with van der Waals surface area (Å²) < 4.78 is 19.8. The van der Waals surface area contributed by atoms with Crippen LogP contribution in [0.2, 0.25) is 0 Å². The number of ether oxygens (including phenoxy) is 1. The molecule has 0 saturated carbocycles. The second-order valence-electron chi connectivity index (χ2n) is 3.69. The van der Waals surface area contributed by atoms with Gasteiger partial charge in [0, 0.05) is 15.0 Å². The Morgan fingerprint density at radius 3 is 2.16 bits per heavy atom. The van der Waals surface area contributed by atoms with Gasteiger partial charge in [-0.1, -0.05) is 31.9 Å². The van der Waals surface area contributed by atoms with E-state index in [0.717, 1.165) is 0 Å². The second-order valence-corrected chi connectivity index (χ2v) is 5.52. The first-order valence-corrected chi connectivity index (χ1v) is 6.70. The zero-order valence-corrected chi connectivity index (χ0v) is 12.5. The van der Waals surface area contributed by atoms with E-state index < -0.39 is 11.8 Å². The van der Waals surface area contributed by atoms with Crippen LogP contribution in [0.4, 0.5) is 4.39 Å². The maximum absolute atomic E-state index is 13.2. The van der Waals surface area contributed by atoms with Crippen LogP contribution in [0.3, 0.4) is 0 Å². The predicted octanol–water partition coefficient (Wildman–Crippen LogP) is 4.84. The SMILES string of the molecule is O=C(O)c1cc(Br)cc(Oc2cc(F)cc(Br)c2)c1. The fourth-order valence-corrected chi connectivity index (χ4v) is 2.39. The largest absolute Gasteiger partial charge is 0.478 e. The lowest BCUT2D eigenvalue weighted by Crippen LogP contribution is -1.97. The molecule has 6 heteroatoms. The number of halogens is 3. The van der Waals surface area contributed by atoms with E-state index in [1.54, 1.807) is 12.1 Å². The van der Waals surface area contributed by atoms with Crippen molar-refractivity contribution in [3.05, 3.63) is 56.7 Å². The van der Waals surface area contributed by atoms with Gasteiger partial charge in [0.15, 0.2) is 0 Å². The number of aromatic carboxylic acids is 1. The molecule has 2 rings (SSSR count). The van der Waals surface area contributed by atoms with E-state index in [1.807, 2.05) is 0 Å². The van der Waals surface area contributed by atoms with Crippen LogP contribution in [0.5, 0.6) is 11.5 Å². The van der Waals surface area contributed by atoms with E-state index in [-0.39, 0.29) is 11.3 Å². The summed E-state index contributed by atoms with van der Waals surface area (Å²) in [6.07, 6.45) is 0. The van der Waals surface area contributed by atoms with Crippen molar-refractivity contribution < 1.29 is 19.0 Å². The lowest BCUT2D eigenvalue weighted by molar-refractivity contribution is 0.0696. The van der Waals surface area contributed by atoms with Crippen molar-refractivity contribution in [2.75, 3.05) is 0 Å². The van der Waals surface area contributed by atoms with Crippen molar-refractivity contribution in [2.45, 2.75) is 0 Å². The fourth-order valence-electron chi connectivity index (χ4n) is 1.47. The van der Waals surface area contributed by atoms with Gasteiger partial charge in [0.05, 0.1) is 5.56 Å². The molecule has 1 N–H and O–H groups in total. The van der Waals surface area contributed by atoms with E-state index in [1.165, 1.54) is 24.3 Å². The Kier molecular flexibility index (Phi) is 4.21. The highest BCUT2D eigenvalue weighted by Crippen LogP contribution is 2.29. The second kappa shape index (κ2) is 5.71. The molecule has 0 aliphatic heterocycles. The highest BCUT2D eigenvalue weighted by Gasteiger charge is 2.08. The number of hydrogen-bond donors (Lipinski definition) is 1. The highest BCUT2D eigenvalue weighted by molar-refractivity contribution is 9.10. The maximum atomic E-state index is 13.2. The Balaban J connectivity index is 2.35. The zero-order chi connectivity index (χ0) is 14.0. The third kappa shape index (κ3) is 3.78. The normalized spacial score (nSPS) is 10.3. The maximum Gasteiger partial charge on any atom is 0.335 e. The number of carbonyl (C=O) groups is 1. The number of carboxylic acid groups (broad SMARTS) is 1. The molecule has 3 nitrogen and oxygen atoms in total. The molecule has 0 fully saturated rings. The minimum absolute atomic E-state index is 0.0832. The van der Waals surface area contributed by atoms with Crippen LogP contribution in [0.25, 0.3) is 0 Å². The summed E-state index contributed by atoms with van der Waals surface area (Å²) in [6, 6.07) is 8.53. The summed E-state index contributed by atoms with van der Waals surface area (Å²) in [5.41, 5.74) is 0.0832. The molecule has 98 valence electrons. The molecule has 0 bridgehead atoms. The number of hydrogen-bond acceptors (Lipinski definition) is 2. The van der Waals surface area contributed by atoms with E-state index in [9.17, 15) is 9.18 Å². The molecule has 0 radical (unpaired) electrons. The molecule has 2 aromatic rings. The molecule has 19 heavy (non-hydrogen) atoms. The summed E-state index contributed by atoms with van der Waals surface area (Å²) in [7, 11) is 0. The number of carboxylic acids is 1.